The summed E-state index contributed by atoms with van der Waals surface area (Å²) in [6, 6.07) is 18.6. The third kappa shape index (κ3) is 5.17. The van der Waals surface area contributed by atoms with Crippen molar-refractivity contribution >= 4 is 11.8 Å². The van der Waals surface area contributed by atoms with Crippen LogP contribution in [0.15, 0.2) is 85.8 Å². The van der Waals surface area contributed by atoms with Gasteiger partial charge in [0.1, 0.15) is 5.69 Å². The Morgan fingerprint density at radius 2 is 1.70 bits per heavy atom. The predicted molar refractivity (Wildman–Crippen MR) is 128 cm³/mol. The van der Waals surface area contributed by atoms with Gasteiger partial charge < -0.3 is 10.2 Å². The Morgan fingerprint density at radius 1 is 1.00 bits per heavy atom. The summed E-state index contributed by atoms with van der Waals surface area (Å²) in [5.74, 6) is -0.128. The van der Waals surface area contributed by atoms with Gasteiger partial charge in [-0.2, -0.15) is 0 Å². The molecule has 0 spiro atoms. The van der Waals surface area contributed by atoms with E-state index in [0.717, 1.165) is 11.1 Å². The fourth-order valence-corrected chi connectivity index (χ4v) is 4.38. The number of amides is 2. The van der Waals surface area contributed by atoms with Crippen LogP contribution in [0.25, 0.3) is 11.1 Å². The van der Waals surface area contributed by atoms with E-state index in [4.69, 9.17) is 0 Å². The molecule has 1 fully saturated rings. The second kappa shape index (κ2) is 10.2. The Morgan fingerprint density at radius 3 is 2.33 bits per heavy atom. The minimum atomic E-state index is -0.573. The van der Waals surface area contributed by atoms with Crippen molar-refractivity contribution in [2.24, 2.45) is 5.41 Å². The number of aromatic nitrogens is 2. The Bertz CT molecular complexity index is 1090. The number of rotatable bonds is 7. The van der Waals surface area contributed by atoms with Crippen LogP contribution in [0.4, 0.5) is 0 Å². The monoisotopic (exact) mass is 440 g/mol. The van der Waals surface area contributed by atoms with Crippen LogP contribution < -0.4 is 5.32 Å². The van der Waals surface area contributed by atoms with Gasteiger partial charge in [0, 0.05) is 32.0 Å². The first-order chi connectivity index (χ1) is 16.1. The molecular weight excluding hydrogens is 412 g/mol. The number of carbonyl (C=O) groups is 2. The molecule has 0 bridgehead atoms. The SMILES string of the molecule is C=CCNC(=O)C1(Cc2ccc(-c3ccccc3)cc2)CCN(C(=O)c2cnccn2)CC1. The molecule has 1 saturated heterocycles. The molecule has 33 heavy (non-hydrogen) atoms. The molecule has 6 nitrogen and oxygen atoms in total. The zero-order valence-electron chi connectivity index (χ0n) is 18.6. The number of nitrogens with one attached hydrogen (secondary N) is 1. The summed E-state index contributed by atoms with van der Waals surface area (Å²) < 4.78 is 0. The van der Waals surface area contributed by atoms with Gasteiger partial charge in [-0.3, -0.25) is 14.6 Å². The number of hydrogen-bond donors (Lipinski definition) is 1. The lowest BCUT2D eigenvalue weighted by atomic mass is 9.72. The molecule has 0 radical (unpaired) electrons. The summed E-state index contributed by atoms with van der Waals surface area (Å²) in [5, 5.41) is 2.99. The van der Waals surface area contributed by atoms with Gasteiger partial charge in [-0.15, -0.1) is 6.58 Å². The van der Waals surface area contributed by atoms with E-state index in [0.29, 0.717) is 44.6 Å². The van der Waals surface area contributed by atoms with Crippen molar-refractivity contribution in [2.45, 2.75) is 19.3 Å². The van der Waals surface area contributed by atoms with E-state index >= 15 is 0 Å². The summed E-state index contributed by atoms with van der Waals surface area (Å²) in [4.78, 5) is 35.9. The highest BCUT2D eigenvalue weighted by Crippen LogP contribution is 2.36. The van der Waals surface area contributed by atoms with Gasteiger partial charge in [0.05, 0.1) is 11.6 Å². The molecule has 3 aromatic rings. The van der Waals surface area contributed by atoms with Crippen LogP contribution in [-0.4, -0.2) is 46.3 Å². The van der Waals surface area contributed by atoms with Gasteiger partial charge in [0.2, 0.25) is 5.91 Å². The molecule has 1 aromatic heterocycles. The Balaban J connectivity index is 1.50. The van der Waals surface area contributed by atoms with Gasteiger partial charge >= 0.3 is 0 Å². The van der Waals surface area contributed by atoms with Crippen LogP contribution in [0, 0.1) is 5.41 Å². The molecule has 0 saturated carbocycles. The lowest BCUT2D eigenvalue weighted by molar-refractivity contribution is -0.133. The molecule has 2 heterocycles. The van der Waals surface area contributed by atoms with Crippen molar-refractivity contribution in [1.29, 1.82) is 0 Å². The summed E-state index contributed by atoms with van der Waals surface area (Å²) in [6.07, 6.45) is 8.03. The fourth-order valence-electron chi connectivity index (χ4n) is 4.38. The second-order valence-electron chi connectivity index (χ2n) is 8.40. The van der Waals surface area contributed by atoms with E-state index in [2.05, 4.69) is 58.3 Å². The summed E-state index contributed by atoms with van der Waals surface area (Å²) in [5.41, 5.74) is 3.18. The first-order valence-corrected chi connectivity index (χ1v) is 11.2. The van der Waals surface area contributed by atoms with Crippen LogP contribution in [0.5, 0.6) is 0 Å². The van der Waals surface area contributed by atoms with E-state index in [-0.39, 0.29) is 11.8 Å². The summed E-state index contributed by atoms with van der Waals surface area (Å²) in [7, 11) is 0. The quantitative estimate of drug-likeness (QED) is 0.565. The highest BCUT2D eigenvalue weighted by Gasteiger charge is 2.42. The molecule has 2 aromatic carbocycles. The molecule has 168 valence electrons. The number of nitrogens with zero attached hydrogens (tertiary/aromatic N) is 3. The smallest absolute Gasteiger partial charge is 0.274 e. The normalized spacial score (nSPS) is 15.0. The van der Waals surface area contributed by atoms with Gasteiger partial charge in [0.25, 0.3) is 5.91 Å². The van der Waals surface area contributed by atoms with Crippen molar-refractivity contribution in [2.75, 3.05) is 19.6 Å². The van der Waals surface area contributed by atoms with Crippen LogP contribution in [-0.2, 0) is 11.2 Å². The standard InChI is InChI=1S/C27H28N4O2/c1-2-14-30-26(33)27(12-17-31(18-13-27)25(32)24-20-28-15-16-29-24)19-21-8-10-23(11-9-21)22-6-4-3-5-7-22/h2-11,15-16,20H,1,12-14,17-19H2,(H,30,33). The maximum Gasteiger partial charge on any atom is 0.274 e. The highest BCUT2D eigenvalue weighted by atomic mass is 16.2. The predicted octanol–water partition coefficient (Wildman–Crippen LogP) is 3.91. The van der Waals surface area contributed by atoms with Crippen molar-refractivity contribution in [1.82, 2.24) is 20.2 Å². The molecule has 0 aliphatic carbocycles. The van der Waals surface area contributed by atoms with Crippen LogP contribution in [0.3, 0.4) is 0 Å². The minimum absolute atomic E-state index is 0.0149. The maximum absolute atomic E-state index is 13.2. The van der Waals surface area contributed by atoms with Crippen LogP contribution in [0.2, 0.25) is 0 Å². The largest absolute Gasteiger partial charge is 0.352 e. The van der Waals surface area contributed by atoms with E-state index < -0.39 is 5.41 Å². The van der Waals surface area contributed by atoms with Gasteiger partial charge in [-0.1, -0.05) is 60.7 Å². The molecule has 2 amide bonds. The van der Waals surface area contributed by atoms with Crippen LogP contribution in [0.1, 0.15) is 28.9 Å². The minimum Gasteiger partial charge on any atom is -0.352 e. The topological polar surface area (TPSA) is 75.2 Å². The zero-order chi connectivity index (χ0) is 23.1. The number of benzene rings is 2. The first kappa shape index (κ1) is 22.4. The molecule has 1 N–H and O–H groups in total. The van der Waals surface area contributed by atoms with Crippen molar-refractivity contribution < 1.29 is 9.59 Å². The third-order valence-electron chi connectivity index (χ3n) is 6.28. The lowest BCUT2D eigenvalue weighted by Crippen LogP contribution is -2.51. The molecule has 1 aliphatic rings. The second-order valence-corrected chi connectivity index (χ2v) is 8.40. The zero-order valence-corrected chi connectivity index (χ0v) is 18.6. The lowest BCUT2D eigenvalue weighted by Gasteiger charge is -2.40. The van der Waals surface area contributed by atoms with Crippen molar-refractivity contribution in [3.63, 3.8) is 0 Å². The number of hydrogen-bond acceptors (Lipinski definition) is 4. The Hall–Kier alpha value is -3.80. The average Bonchev–Trinajstić information content (AvgIpc) is 2.88. The molecular formula is C27H28N4O2. The Kier molecular flexibility index (Phi) is 6.93. The summed E-state index contributed by atoms with van der Waals surface area (Å²) in [6.45, 7) is 5.14. The first-order valence-electron chi connectivity index (χ1n) is 11.2. The molecule has 1 aliphatic heterocycles. The van der Waals surface area contributed by atoms with Crippen molar-refractivity contribution in [3.8, 4) is 11.1 Å². The number of carbonyl (C=O) groups excluding carboxylic acids is 2. The van der Waals surface area contributed by atoms with Gasteiger partial charge in [-0.05, 0) is 36.0 Å². The van der Waals surface area contributed by atoms with Gasteiger partial charge in [-0.25, -0.2) is 4.98 Å². The van der Waals surface area contributed by atoms with E-state index in [9.17, 15) is 9.59 Å². The molecule has 0 unspecified atom stereocenters. The molecule has 0 atom stereocenters. The average molecular weight is 441 g/mol. The van der Waals surface area contributed by atoms with Crippen molar-refractivity contribution in [3.05, 3.63) is 97.1 Å². The van der Waals surface area contributed by atoms with E-state index in [1.165, 1.54) is 18.0 Å². The maximum atomic E-state index is 13.2. The Labute approximate surface area is 194 Å². The van der Waals surface area contributed by atoms with Gasteiger partial charge in [0.15, 0.2) is 0 Å². The number of piperidine rings is 1. The summed E-state index contributed by atoms with van der Waals surface area (Å²) >= 11 is 0. The highest BCUT2D eigenvalue weighted by molar-refractivity contribution is 5.92. The molecule has 6 heteroatoms. The molecule has 4 rings (SSSR count). The third-order valence-corrected chi connectivity index (χ3v) is 6.28. The fraction of sp³-hybridized carbons (Fsp3) is 0.259. The van der Waals surface area contributed by atoms with Crippen LogP contribution >= 0.6 is 0 Å². The van der Waals surface area contributed by atoms with E-state index in [1.807, 2.05) is 18.2 Å². The van der Waals surface area contributed by atoms with E-state index in [1.54, 1.807) is 17.2 Å². The number of likely N-dealkylation sites (tertiary alicyclic amines) is 1.